The molecular formula is C39H30N2O2. The van der Waals surface area contributed by atoms with E-state index in [1.165, 1.54) is 27.8 Å². The lowest BCUT2D eigenvalue weighted by Crippen LogP contribution is -2.29. The normalized spacial score (nSPS) is 14.6. The number of rotatable bonds is 2. The summed E-state index contributed by atoms with van der Waals surface area (Å²) in [6.45, 7) is 6.71. The number of nitrogens with zero attached hydrogens (tertiary/aromatic N) is 1. The van der Waals surface area contributed by atoms with Crippen LogP contribution in [0.25, 0.3) is 73.1 Å². The van der Waals surface area contributed by atoms with E-state index in [2.05, 4.69) is 92.1 Å². The van der Waals surface area contributed by atoms with E-state index in [1.54, 1.807) is 6.20 Å². The third kappa shape index (κ3) is 3.47. The predicted octanol–water partition coefficient (Wildman–Crippen LogP) is 7.36. The van der Waals surface area contributed by atoms with Crippen LogP contribution >= 0.6 is 0 Å². The summed E-state index contributed by atoms with van der Waals surface area (Å²) in [5, 5.41) is 4.44. The van der Waals surface area contributed by atoms with Gasteiger partial charge in [-0.2, -0.15) is 0 Å². The van der Waals surface area contributed by atoms with Gasteiger partial charge in [0.1, 0.15) is 11.2 Å². The van der Waals surface area contributed by atoms with E-state index in [0.29, 0.717) is 21.9 Å². The molecule has 0 fully saturated rings. The summed E-state index contributed by atoms with van der Waals surface area (Å²) in [6.07, 6.45) is 3.88. The lowest BCUT2D eigenvalue weighted by Gasteiger charge is -2.23. The summed E-state index contributed by atoms with van der Waals surface area (Å²) >= 11 is 0. The minimum Gasteiger partial charge on any atom is -0.456 e. The largest absolute Gasteiger partial charge is 0.456 e. The van der Waals surface area contributed by atoms with E-state index in [-0.39, 0.29) is 10.8 Å². The van der Waals surface area contributed by atoms with Gasteiger partial charge in [-0.05, 0) is 76.7 Å². The Morgan fingerprint density at radius 2 is 1.44 bits per heavy atom. The Morgan fingerprint density at radius 1 is 0.744 bits per heavy atom. The van der Waals surface area contributed by atoms with E-state index in [4.69, 9.17) is 10.2 Å². The summed E-state index contributed by atoms with van der Waals surface area (Å²) in [4.78, 5) is 13.1. The maximum atomic E-state index is 13.1. The number of nitrogens with two attached hydrogens (primary N) is 1. The first-order valence-corrected chi connectivity index (χ1v) is 14.6. The minimum atomic E-state index is -0.169. The van der Waals surface area contributed by atoms with Crippen LogP contribution < -0.4 is 21.7 Å². The van der Waals surface area contributed by atoms with Crippen LogP contribution in [0.15, 0.2) is 112 Å². The Bertz CT molecular complexity index is 2460. The molecule has 1 aliphatic carbocycles. The van der Waals surface area contributed by atoms with Crippen LogP contribution in [-0.2, 0) is 5.41 Å². The first-order valence-electron chi connectivity index (χ1n) is 14.6. The zero-order chi connectivity index (χ0) is 29.5. The smallest absolute Gasteiger partial charge is 0.200 e. The van der Waals surface area contributed by atoms with E-state index >= 15 is 0 Å². The van der Waals surface area contributed by atoms with Crippen molar-refractivity contribution < 1.29 is 4.42 Å². The van der Waals surface area contributed by atoms with Gasteiger partial charge in [0.15, 0.2) is 0 Å². The van der Waals surface area contributed by atoms with Gasteiger partial charge in [-0.1, -0.05) is 86.7 Å². The molecule has 208 valence electrons. The molecule has 0 spiro atoms. The molecule has 0 saturated carbocycles. The Labute approximate surface area is 248 Å². The molecule has 5 aromatic carbocycles. The Kier molecular flexibility index (Phi) is 5.35. The first-order chi connectivity index (χ1) is 20.9. The van der Waals surface area contributed by atoms with Crippen LogP contribution in [0.2, 0.25) is 0 Å². The van der Waals surface area contributed by atoms with Crippen LogP contribution in [0.1, 0.15) is 31.9 Å². The fraction of sp³-hybridized carbons (Fsp3) is 0.103. The minimum absolute atomic E-state index is 0.00769. The lowest BCUT2D eigenvalue weighted by atomic mass is 9.81. The Hall–Kier alpha value is -5.35. The van der Waals surface area contributed by atoms with Crippen molar-refractivity contribution in [2.24, 2.45) is 5.73 Å². The quantitative estimate of drug-likeness (QED) is 0.226. The Morgan fingerprint density at radius 3 is 2.23 bits per heavy atom. The third-order valence-corrected chi connectivity index (χ3v) is 9.20. The fourth-order valence-electron chi connectivity index (χ4n) is 7.19. The zero-order valence-corrected chi connectivity index (χ0v) is 24.3. The summed E-state index contributed by atoms with van der Waals surface area (Å²) in [5.41, 5.74) is 16.8. The zero-order valence-electron chi connectivity index (χ0n) is 24.3. The van der Waals surface area contributed by atoms with E-state index in [9.17, 15) is 4.79 Å². The van der Waals surface area contributed by atoms with Crippen molar-refractivity contribution in [3.05, 3.63) is 135 Å². The van der Waals surface area contributed by atoms with E-state index in [0.717, 1.165) is 32.8 Å². The van der Waals surface area contributed by atoms with Crippen LogP contribution in [0, 0.1) is 0 Å². The Balaban J connectivity index is 1.33. The highest BCUT2D eigenvalue weighted by Gasteiger charge is 2.38. The number of fused-ring (bicyclic) bond motifs is 7. The van der Waals surface area contributed by atoms with Gasteiger partial charge in [-0.15, -0.1) is 0 Å². The number of hydrogen-bond donors (Lipinski definition) is 1. The van der Waals surface area contributed by atoms with Crippen molar-refractivity contribution in [3.63, 3.8) is 0 Å². The topological polar surface area (TPSA) is 61.2 Å². The van der Waals surface area contributed by atoms with Gasteiger partial charge in [0.05, 0.1) is 21.6 Å². The second-order valence-electron chi connectivity index (χ2n) is 11.8. The van der Waals surface area contributed by atoms with Crippen molar-refractivity contribution in [3.8, 4) is 27.9 Å². The molecule has 2 heterocycles. The van der Waals surface area contributed by atoms with Gasteiger partial charge in [0, 0.05) is 27.9 Å². The molecule has 2 aromatic heterocycles. The van der Waals surface area contributed by atoms with Crippen molar-refractivity contribution >= 4 is 45.1 Å². The highest BCUT2D eigenvalue weighted by molar-refractivity contribution is 5.98. The molecule has 8 rings (SSSR count). The van der Waals surface area contributed by atoms with Crippen LogP contribution in [0.5, 0.6) is 0 Å². The molecule has 2 N–H and O–H groups in total. The molecule has 0 unspecified atom stereocenters. The van der Waals surface area contributed by atoms with Crippen molar-refractivity contribution in [2.75, 3.05) is 0 Å². The van der Waals surface area contributed by atoms with Crippen molar-refractivity contribution in [1.82, 2.24) is 4.57 Å². The highest BCUT2D eigenvalue weighted by Crippen LogP contribution is 2.51. The second kappa shape index (κ2) is 9.07. The molecule has 4 nitrogen and oxygen atoms in total. The van der Waals surface area contributed by atoms with Gasteiger partial charge >= 0.3 is 0 Å². The van der Waals surface area contributed by atoms with Gasteiger partial charge in [-0.25, -0.2) is 0 Å². The molecule has 0 aliphatic heterocycles. The SMILES string of the molecule is C/C=c1\c(=C/N)c2ccc3c(c2n1-c1ccc(-c2ccc4c(=O)c5ccccc5oc4c2)cc1)C(C)(C)c1ccccc1-3. The lowest BCUT2D eigenvalue weighted by molar-refractivity contribution is 0.660. The average molecular weight is 559 g/mol. The van der Waals surface area contributed by atoms with Crippen LogP contribution in [-0.4, -0.2) is 4.57 Å². The second-order valence-corrected chi connectivity index (χ2v) is 11.8. The fourth-order valence-corrected chi connectivity index (χ4v) is 7.19. The van der Waals surface area contributed by atoms with Gasteiger partial charge < -0.3 is 14.7 Å². The van der Waals surface area contributed by atoms with Crippen LogP contribution in [0.4, 0.5) is 0 Å². The highest BCUT2D eigenvalue weighted by atomic mass is 16.3. The van der Waals surface area contributed by atoms with E-state index < -0.39 is 0 Å². The molecule has 43 heavy (non-hydrogen) atoms. The molecule has 0 saturated heterocycles. The van der Waals surface area contributed by atoms with Gasteiger partial charge in [0.25, 0.3) is 0 Å². The molecule has 0 atom stereocenters. The van der Waals surface area contributed by atoms with Crippen LogP contribution in [0.3, 0.4) is 0 Å². The van der Waals surface area contributed by atoms with Crippen molar-refractivity contribution in [1.29, 1.82) is 0 Å². The number of benzene rings is 5. The molecule has 0 bridgehead atoms. The monoisotopic (exact) mass is 558 g/mol. The molecular weight excluding hydrogens is 528 g/mol. The number of para-hydroxylation sites is 1. The molecule has 0 amide bonds. The summed E-state index contributed by atoms with van der Waals surface area (Å²) in [6, 6.07) is 35.0. The predicted molar refractivity (Wildman–Crippen MR) is 178 cm³/mol. The standard InChI is InChI=1S/C39H30N2O2/c1-4-33-31(22-40)28-20-19-27-26-9-5-7-11-32(26)39(2,3)36(27)37(28)41(33)25-16-13-23(14-17-25)24-15-18-30-35(21-24)43-34-12-8-6-10-29(34)38(30)42/h4-22H,40H2,1-3H3/b31-22-,33-4+. The van der Waals surface area contributed by atoms with Crippen molar-refractivity contribution in [2.45, 2.75) is 26.2 Å². The third-order valence-electron chi connectivity index (χ3n) is 9.20. The number of hydrogen-bond acceptors (Lipinski definition) is 3. The average Bonchev–Trinajstić information content (AvgIpc) is 3.49. The molecule has 1 aliphatic rings. The molecule has 4 heteroatoms. The summed E-state index contributed by atoms with van der Waals surface area (Å²) in [7, 11) is 0. The number of aromatic nitrogens is 1. The first kappa shape index (κ1) is 25.4. The molecule has 7 aromatic rings. The molecule has 0 radical (unpaired) electrons. The van der Waals surface area contributed by atoms with E-state index in [1.807, 2.05) is 42.5 Å². The summed E-state index contributed by atoms with van der Waals surface area (Å²) in [5.74, 6) is 0. The maximum Gasteiger partial charge on any atom is 0.200 e. The van der Waals surface area contributed by atoms with Gasteiger partial charge in [-0.3, -0.25) is 4.79 Å². The maximum absolute atomic E-state index is 13.1. The van der Waals surface area contributed by atoms with Gasteiger partial charge in [0.2, 0.25) is 5.43 Å². The summed E-state index contributed by atoms with van der Waals surface area (Å²) < 4.78 is 8.50.